The van der Waals surface area contributed by atoms with E-state index in [4.69, 9.17) is 0 Å². The smallest absolute Gasteiger partial charge is 0.292 e. The number of halogens is 4. The maximum Gasteiger partial charge on any atom is 0.419 e. The predicted molar refractivity (Wildman–Crippen MR) is 58.0 cm³/mol. The molecule has 0 aliphatic heterocycles. The number of nitrogens with zero attached hydrogens (tertiary/aromatic N) is 2. The summed E-state index contributed by atoms with van der Waals surface area (Å²) in [6.45, 7) is -0.332. The van der Waals surface area contributed by atoms with E-state index in [2.05, 4.69) is 5.10 Å². The summed E-state index contributed by atoms with van der Waals surface area (Å²) >= 11 is 0. The van der Waals surface area contributed by atoms with Crippen molar-refractivity contribution in [2.45, 2.75) is 12.7 Å². The lowest BCUT2D eigenvalue weighted by atomic mass is 10.1. The minimum absolute atomic E-state index is 0.213. The Labute approximate surface area is 105 Å². The van der Waals surface area contributed by atoms with E-state index in [1.165, 1.54) is 12.1 Å². The molecule has 1 heterocycles. The van der Waals surface area contributed by atoms with E-state index in [9.17, 15) is 22.4 Å². The van der Waals surface area contributed by atoms with Gasteiger partial charge < -0.3 is 0 Å². The monoisotopic (exact) mass is 272 g/mol. The van der Waals surface area contributed by atoms with Crippen molar-refractivity contribution in [3.63, 3.8) is 0 Å². The molecule has 0 aliphatic rings. The molecule has 3 nitrogen and oxygen atoms in total. The summed E-state index contributed by atoms with van der Waals surface area (Å²) in [7, 11) is 0. The number of Topliss-reactive ketones (excluding diaryl/α,β-unsaturated/α-hetero) is 1. The zero-order valence-electron chi connectivity index (χ0n) is 9.49. The molecule has 7 heteroatoms. The lowest BCUT2D eigenvalue weighted by Gasteiger charge is -2.02. The molecule has 19 heavy (non-hydrogen) atoms. The second-order valence-electron chi connectivity index (χ2n) is 3.85. The van der Waals surface area contributed by atoms with Gasteiger partial charge in [-0.25, -0.2) is 4.39 Å². The van der Waals surface area contributed by atoms with E-state index in [0.29, 0.717) is 6.20 Å². The van der Waals surface area contributed by atoms with E-state index in [-0.39, 0.29) is 12.1 Å². The molecule has 0 saturated carbocycles. The Hall–Kier alpha value is -2.18. The van der Waals surface area contributed by atoms with Gasteiger partial charge in [0.2, 0.25) is 0 Å². The minimum atomic E-state index is -4.49. The maximum absolute atomic E-state index is 12.7. The number of carbonyl (C=O) groups excluding carboxylic acids is 1. The van der Waals surface area contributed by atoms with Crippen LogP contribution in [-0.2, 0) is 12.7 Å². The highest BCUT2D eigenvalue weighted by atomic mass is 19.4. The van der Waals surface area contributed by atoms with Crippen LogP contribution >= 0.6 is 0 Å². The molecule has 0 bridgehead atoms. The Morgan fingerprint density at radius 3 is 2.37 bits per heavy atom. The third kappa shape index (κ3) is 3.18. The van der Waals surface area contributed by atoms with E-state index < -0.39 is 23.3 Å². The predicted octanol–water partition coefficient (Wildman–Crippen LogP) is 2.92. The first-order valence-corrected chi connectivity index (χ1v) is 5.24. The molecule has 0 spiro atoms. The van der Waals surface area contributed by atoms with Crippen molar-refractivity contribution in [3.05, 3.63) is 53.6 Å². The number of benzene rings is 1. The molecule has 0 unspecified atom stereocenters. The van der Waals surface area contributed by atoms with E-state index in [1.807, 2.05) is 0 Å². The molecule has 100 valence electrons. The fourth-order valence-electron chi connectivity index (χ4n) is 1.47. The first kappa shape index (κ1) is 13.3. The second kappa shape index (κ2) is 4.83. The molecule has 0 atom stereocenters. The van der Waals surface area contributed by atoms with Gasteiger partial charge >= 0.3 is 6.18 Å². The van der Waals surface area contributed by atoms with Crippen molar-refractivity contribution >= 4 is 5.78 Å². The van der Waals surface area contributed by atoms with Gasteiger partial charge in [-0.05, 0) is 24.3 Å². The Bertz CT molecular complexity index is 587. The van der Waals surface area contributed by atoms with Gasteiger partial charge in [0, 0.05) is 11.8 Å². The Morgan fingerprint density at radius 2 is 1.84 bits per heavy atom. The third-order valence-electron chi connectivity index (χ3n) is 2.43. The summed E-state index contributed by atoms with van der Waals surface area (Å²) in [5.41, 5.74) is -0.704. The summed E-state index contributed by atoms with van der Waals surface area (Å²) in [4.78, 5) is 11.7. The van der Waals surface area contributed by atoms with Gasteiger partial charge in [-0.3, -0.25) is 9.48 Å². The van der Waals surface area contributed by atoms with E-state index >= 15 is 0 Å². The van der Waals surface area contributed by atoms with Crippen molar-refractivity contribution in [2.24, 2.45) is 0 Å². The molecule has 0 aliphatic carbocycles. The normalized spacial score (nSPS) is 11.6. The standard InChI is InChI=1S/C12H8F4N2O/c13-10-3-1-8(2-4-10)11(19)7-18-6-9(5-17-18)12(14,15)16/h1-6H,7H2. The molecule has 2 aromatic rings. The van der Waals surface area contributed by atoms with Gasteiger partial charge in [-0.1, -0.05) is 0 Å². The summed E-state index contributed by atoms with van der Waals surface area (Å²) in [5.74, 6) is -0.938. The van der Waals surface area contributed by atoms with Gasteiger partial charge in [-0.15, -0.1) is 0 Å². The van der Waals surface area contributed by atoms with Gasteiger partial charge in [0.05, 0.1) is 11.8 Å². The Morgan fingerprint density at radius 1 is 1.21 bits per heavy atom. The lowest BCUT2D eigenvalue weighted by molar-refractivity contribution is -0.137. The van der Waals surface area contributed by atoms with Crippen LogP contribution in [0.4, 0.5) is 17.6 Å². The molecule has 1 aromatic carbocycles. The number of alkyl halides is 3. The van der Waals surface area contributed by atoms with Crippen LogP contribution < -0.4 is 0 Å². The summed E-state index contributed by atoms with van der Waals surface area (Å²) in [6, 6.07) is 4.76. The minimum Gasteiger partial charge on any atom is -0.292 e. The zero-order valence-corrected chi connectivity index (χ0v) is 9.49. The maximum atomic E-state index is 12.7. The van der Waals surface area contributed by atoms with Crippen molar-refractivity contribution in [1.29, 1.82) is 0 Å². The second-order valence-corrected chi connectivity index (χ2v) is 3.85. The summed E-state index contributed by atoms with van der Waals surface area (Å²) in [5, 5.41) is 3.47. The zero-order chi connectivity index (χ0) is 14.0. The molecule has 0 saturated heterocycles. The van der Waals surface area contributed by atoms with E-state index in [0.717, 1.165) is 23.0 Å². The SMILES string of the molecule is O=C(Cn1cc(C(F)(F)F)cn1)c1ccc(F)cc1. The van der Waals surface area contributed by atoms with Crippen LogP contribution in [0.1, 0.15) is 15.9 Å². The van der Waals surface area contributed by atoms with Crippen molar-refractivity contribution in [1.82, 2.24) is 9.78 Å². The van der Waals surface area contributed by atoms with Crippen LogP contribution in [0, 0.1) is 5.82 Å². The molecule has 0 N–H and O–H groups in total. The quantitative estimate of drug-likeness (QED) is 0.636. The van der Waals surface area contributed by atoms with E-state index in [1.54, 1.807) is 0 Å². The van der Waals surface area contributed by atoms with Gasteiger partial charge in [0.15, 0.2) is 5.78 Å². The summed E-state index contributed by atoms with van der Waals surface area (Å²) < 4.78 is 50.5. The summed E-state index contributed by atoms with van der Waals surface area (Å²) in [6.07, 6.45) is -3.09. The Kier molecular flexibility index (Phi) is 3.37. The topological polar surface area (TPSA) is 34.9 Å². The molecule has 2 rings (SSSR count). The number of hydrogen-bond acceptors (Lipinski definition) is 2. The number of hydrogen-bond donors (Lipinski definition) is 0. The molecule has 1 aromatic heterocycles. The highest BCUT2D eigenvalue weighted by molar-refractivity contribution is 5.95. The van der Waals surface area contributed by atoms with Crippen LogP contribution in [0.3, 0.4) is 0 Å². The molecular formula is C12H8F4N2O. The average Bonchev–Trinajstić information content (AvgIpc) is 2.78. The molecule has 0 radical (unpaired) electrons. The number of ketones is 1. The van der Waals surface area contributed by atoms with Crippen molar-refractivity contribution in [3.8, 4) is 0 Å². The van der Waals surface area contributed by atoms with Gasteiger partial charge in [-0.2, -0.15) is 18.3 Å². The van der Waals surface area contributed by atoms with Crippen LogP contribution in [0.25, 0.3) is 0 Å². The number of rotatable bonds is 3. The Balaban J connectivity index is 2.11. The first-order chi connectivity index (χ1) is 8.86. The highest BCUT2D eigenvalue weighted by Gasteiger charge is 2.32. The lowest BCUT2D eigenvalue weighted by Crippen LogP contribution is -2.11. The molecular weight excluding hydrogens is 264 g/mol. The fourth-order valence-corrected chi connectivity index (χ4v) is 1.47. The van der Waals surface area contributed by atoms with Crippen LogP contribution in [0.2, 0.25) is 0 Å². The molecule has 0 fully saturated rings. The average molecular weight is 272 g/mol. The van der Waals surface area contributed by atoms with Gasteiger partial charge in [0.25, 0.3) is 0 Å². The first-order valence-electron chi connectivity index (χ1n) is 5.24. The molecule has 0 amide bonds. The fraction of sp³-hybridized carbons (Fsp3) is 0.167. The van der Waals surface area contributed by atoms with Crippen molar-refractivity contribution in [2.75, 3.05) is 0 Å². The van der Waals surface area contributed by atoms with Gasteiger partial charge in [0.1, 0.15) is 12.4 Å². The van der Waals surface area contributed by atoms with Crippen LogP contribution in [0.15, 0.2) is 36.7 Å². The van der Waals surface area contributed by atoms with Crippen LogP contribution in [-0.4, -0.2) is 15.6 Å². The third-order valence-corrected chi connectivity index (χ3v) is 2.43. The number of carbonyl (C=O) groups is 1. The number of aromatic nitrogens is 2. The van der Waals surface area contributed by atoms with Crippen LogP contribution in [0.5, 0.6) is 0 Å². The van der Waals surface area contributed by atoms with Crippen molar-refractivity contribution < 1.29 is 22.4 Å². The largest absolute Gasteiger partial charge is 0.419 e. The highest BCUT2D eigenvalue weighted by Crippen LogP contribution is 2.28.